The fourth-order valence-corrected chi connectivity index (χ4v) is 3.96. The summed E-state index contributed by atoms with van der Waals surface area (Å²) >= 11 is 0. The number of likely N-dealkylation sites (tertiary alicyclic amines) is 1. The number of carbonyl (C=O) groups excluding carboxylic acids is 1. The van der Waals surface area contributed by atoms with E-state index >= 15 is 0 Å². The molecule has 1 aliphatic rings. The van der Waals surface area contributed by atoms with Gasteiger partial charge in [-0.15, -0.1) is 0 Å². The molecule has 0 spiro atoms. The lowest BCUT2D eigenvalue weighted by atomic mass is 10.0. The predicted molar refractivity (Wildman–Crippen MR) is 121 cm³/mol. The van der Waals surface area contributed by atoms with Gasteiger partial charge in [0.2, 0.25) is 0 Å². The lowest BCUT2D eigenvalue weighted by molar-refractivity contribution is -0.151. The molecule has 0 amide bonds. The molecule has 2 aromatic carbocycles. The molecular weight excluding hydrogens is 376 g/mol. The van der Waals surface area contributed by atoms with E-state index in [0.717, 1.165) is 56.5 Å². The van der Waals surface area contributed by atoms with Crippen molar-refractivity contribution in [1.82, 2.24) is 4.90 Å². The number of piperidine rings is 1. The van der Waals surface area contributed by atoms with Crippen LogP contribution in [0.2, 0.25) is 0 Å². The molecule has 0 radical (unpaired) electrons. The third kappa shape index (κ3) is 6.49. The second-order valence-corrected chi connectivity index (χ2v) is 7.97. The fraction of sp³-hybridized carbons (Fsp3) is 0.480. The molecule has 0 unspecified atom stereocenters. The molecule has 1 heterocycles. The van der Waals surface area contributed by atoms with Gasteiger partial charge in [-0.3, -0.25) is 9.69 Å². The van der Waals surface area contributed by atoms with E-state index in [4.69, 9.17) is 9.47 Å². The summed E-state index contributed by atoms with van der Waals surface area (Å²) < 4.78 is 10.9. The van der Waals surface area contributed by atoms with Gasteiger partial charge in [0.15, 0.2) is 0 Å². The van der Waals surface area contributed by atoms with Crippen molar-refractivity contribution in [1.29, 1.82) is 0 Å². The number of methoxy groups -OCH3 is 1. The highest BCUT2D eigenvalue weighted by molar-refractivity contribution is 5.76. The Labute approximate surface area is 180 Å². The van der Waals surface area contributed by atoms with Gasteiger partial charge in [-0.1, -0.05) is 36.8 Å². The van der Waals surface area contributed by atoms with E-state index in [2.05, 4.69) is 41.1 Å². The van der Waals surface area contributed by atoms with E-state index in [1.807, 2.05) is 30.3 Å². The van der Waals surface area contributed by atoms with Crippen LogP contribution in [0.3, 0.4) is 0 Å². The molecule has 0 saturated carbocycles. The number of ether oxygens (including phenoxy) is 2. The van der Waals surface area contributed by atoms with Crippen LogP contribution in [0.1, 0.15) is 37.7 Å². The lowest BCUT2D eigenvalue weighted by Gasteiger charge is -2.37. The number of aryl methyl sites for hydroxylation is 1. The number of carbonyl (C=O) groups is 1. The van der Waals surface area contributed by atoms with Crippen molar-refractivity contribution in [3.05, 3.63) is 60.2 Å². The van der Waals surface area contributed by atoms with Crippen LogP contribution in [0.5, 0.6) is 5.75 Å². The number of hydrogen-bond acceptors (Lipinski definition) is 5. The molecule has 3 rings (SSSR count). The Kier molecular flexibility index (Phi) is 8.57. The van der Waals surface area contributed by atoms with Crippen molar-refractivity contribution in [2.75, 3.05) is 38.9 Å². The van der Waals surface area contributed by atoms with E-state index in [1.165, 1.54) is 5.56 Å². The molecule has 0 aliphatic carbocycles. The zero-order valence-electron chi connectivity index (χ0n) is 18.3. The zero-order chi connectivity index (χ0) is 21.2. The Balaban J connectivity index is 1.44. The van der Waals surface area contributed by atoms with Crippen LogP contribution in [-0.4, -0.2) is 50.9 Å². The molecule has 2 aromatic rings. The summed E-state index contributed by atoms with van der Waals surface area (Å²) in [5.74, 6) is 0.774. The molecular formula is C25H34N2O3. The van der Waals surface area contributed by atoms with Crippen molar-refractivity contribution >= 4 is 11.7 Å². The second-order valence-electron chi connectivity index (χ2n) is 7.97. The Bertz CT molecular complexity index is 764. The van der Waals surface area contributed by atoms with Crippen LogP contribution in [0.4, 0.5) is 5.69 Å². The summed E-state index contributed by atoms with van der Waals surface area (Å²) in [6, 6.07) is 18.3. The van der Waals surface area contributed by atoms with Crippen LogP contribution in [-0.2, 0) is 16.0 Å². The van der Waals surface area contributed by atoms with E-state index in [1.54, 1.807) is 7.11 Å². The van der Waals surface area contributed by atoms with E-state index < -0.39 is 0 Å². The highest BCUT2D eigenvalue weighted by Gasteiger charge is 2.30. The van der Waals surface area contributed by atoms with Crippen LogP contribution in [0.15, 0.2) is 54.6 Å². The van der Waals surface area contributed by atoms with Crippen molar-refractivity contribution in [3.8, 4) is 5.75 Å². The first kappa shape index (κ1) is 22.2. The van der Waals surface area contributed by atoms with Crippen molar-refractivity contribution in [2.24, 2.45) is 0 Å². The van der Waals surface area contributed by atoms with Crippen LogP contribution < -0.4 is 9.64 Å². The van der Waals surface area contributed by atoms with E-state index in [-0.39, 0.29) is 12.0 Å². The fourth-order valence-electron chi connectivity index (χ4n) is 3.96. The minimum atomic E-state index is -0.145. The van der Waals surface area contributed by atoms with Gasteiger partial charge in [-0.2, -0.15) is 0 Å². The largest absolute Gasteiger partial charge is 0.497 e. The number of unbranched alkanes of at least 4 members (excludes halogenated alkanes) is 1. The Hall–Kier alpha value is -2.53. The number of anilines is 1. The molecule has 1 aliphatic heterocycles. The Morgan fingerprint density at radius 3 is 2.57 bits per heavy atom. The average molecular weight is 411 g/mol. The van der Waals surface area contributed by atoms with Crippen LogP contribution >= 0.6 is 0 Å². The first-order valence-electron chi connectivity index (χ1n) is 11.0. The molecule has 1 saturated heterocycles. The Morgan fingerprint density at radius 1 is 1.07 bits per heavy atom. The molecule has 1 atom stereocenters. The molecule has 5 heteroatoms. The van der Waals surface area contributed by atoms with Gasteiger partial charge in [0.25, 0.3) is 0 Å². The van der Waals surface area contributed by atoms with Crippen molar-refractivity contribution in [3.63, 3.8) is 0 Å². The van der Waals surface area contributed by atoms with Crippen LogP contribution in [0, 0.1) is 0 Å². The van der Waals surface area contributed by atoms with Gasteiger partial charge < -0.3 is 14.4 Å². The Morgan fingerprint density at radius 2 is 1.83 bits per heavy atom. The summed E-state index contributed by atoms with van der Waals surface area (Å²) in [4.78, 5) is 17.2. The molecule has 30 heavy (non-hydrogen) atoms. The smallest absolute Gasteiger partial charge is 0.323 e. The van der Waals surface area contributed by atoms with Gasteiger partial charge in [-0.05, 0) is 61.9 Å². The zero-order valence-corrected chi connectivity index (χ0v) is 18.3. The number of benzene rings is 2. The van der Waals surface area contributed by atoms with E-state index in [9.17, 15) is 4.79 Å². The normalized spacial score (nSPS) is 16.8. The van der Waals surface area contributed by atoms with Gasteiger partial charge in [-0.25, -0.2) is 0 Å². The maximum atomic E-state index is 12.7. The van der Waals surface area contributed by atoms with Gasteiger partial charge >= 0.3 is 5.97 Å². The molecule has 0 bridgehead atoms. The summed E-state index contributed by atoms with van der Waals surface area (Å²) in [5.41, 5.74) is 2.44. The average Bonchev–Trinajstić information content (AvgIpc) is 2.80. The maximum Gasteiger partial charge on any atom is 0.323 e. The lowest BCUT2D eigenvalue weighted by Crippen LogP contribution is -2.49. The topological polar surface area (TPSA) is 42.0 Å². The van der Waals surface area contributed by atoms with Crippen molar-refractivity contribution in [2.45, 2.75) is 44.6 Å². The maximum absolute atomic E-state index is 12.7. The van der Waals surface area contributed by atoms with Crippen molar-refractivity contribution < 1.29 is 14.3 Å². The third-order valence-corrected chi connectivity index (χ3v) is 5.74. The van der Waals surface area contributed by atoms with Gasteiger partial charge in [0, 0.05) is 19.3 Å². The SMILES string of the molecule is COc1ccc(N(C)CN2CCCC[C@H]2C(=O)OCCCCc2ccccc2)cc1. The number of esters is 1. The predicted octanol–water partition coefficient (Wildman–Crippen LogP) is 4.51. The molecule has 5 nitrogen and oxygen atoms in total. The molecule has 162 valence electrons. The summed E-state index contributed by atoms with van der Waals surface area (Å²) in [5, 5.41) is 0. The minimum Gasteiger partial charge on any atom is -0.497 e. The summed E-state index contributed by atoms with van der Waals surface area (Å²) in [6.45, 7) is 2.14. The third-order valence-electron chi connectivity index (χ3n) is 5.74. The monoisotopic (exact) mass is 410 g/mol. The quantitative estimate of drug-likeness (QED) is 0.426. The molecule has 0 N–H and O–H groups in total. The minimum absolute atomic E-state index is 0.0717. The number of hydrogen-bond donors (Lipinski definition) is 0. The highest BCUT2D eigenvalue weighted by atomic mass is 16.5. The first-order chi connectivity index (χ1) is 14.7. The van der Waals surface area contributed by atoms with Gasteiger partial charge in [0.05, 0.1) is 20.4 Å². The standard InChI is InChI=1S/C25H34N2O3/c1-26(22-14-16-23(29-2)17-15-22)20-27-18-8-6-13-24(27)25(28)30-19-9-7-12-21-10-4-3-5-11-21/h3-5,10-11,14-17,24H,6-9,12-13,18-20H2,1-2H3/t24-/m0/s1. The number of nitrogens with zero attached hydrogens (tertiary/aromatic N) is 2. The van der Waals surface area contributed by atoms with Gasteiger partial charge in [0.1, 0.15) is 11.8 Å². The number of rotatable bonds is 10. The second kappa shape index (κ2) is 11.6. The van der Waals surface area contributed by atoms with E-state index in [0.29, 0.717) is 13.3 Å². The first-order valence-corrected chi connectivity index (χ1v) is 11.0. The molecule has 0 aromatic heterocycles. The summed E-state index contributed by atoms with van der Waals surface area (Å²) in [7, 11) is 3.73. The highest BCUT2D eigenvalue weighted by Crippen LogP contribution is 2.22. The molecule has 1 fully saturated rings. The summed E-state index contributed by atoms with van der Waals surface area (Å²) in [6.07, 6.45) is 6.04. The van der Waals surface area contributed by atoms with Crippen LogP contribution in [0.25, 0.3) is 0 Å².